The number of rotatable bonds is 15. The van der Waals surface area contributed by atoms with Crippen LogP contribution < -0.4 is 0 Å². The maximum absolute atomic E-state index is 14.4. The quantitative estimate of drug-likeness (QED) is 0.198. The van der Waals surface area contributed by atoms with Gasteiger partial charge in [-0.3, -0.25) is 14.4 Å². The van der Waals surface area contributed by atoms with Gasteiger partial charge >= 0.3 is 5.97 Å². The maximum Gasteiger partial charge on any atom is 0.312 e. The zero-order valence-corrected chi connectivity index (χ0v) is 23.4. The van der Waals surface area contributed by atoms with Crippen molar-refractivity contribution >= 4 is 28.8 Å². The number of fused-ring (bicyclic) bond motifs is 2. The SMILES string of the molecule is C=CCCCCOC(=O)[C@@H]1[C@@H]2CCC3(O2)C(C(=O)N(CC=C)Cn2nnc4ccccc42)N(CCCCO)C(=O)[C@H]13. The van der Waals surface area contributed by atoms with Crippen LogP contribution in [-0.4, -0.2) is 91.7 Å². The minimum atomic E-state index is -1.12. The zero-order chi connectivity index (χ0) is 29.0. The molecule has 5 rings (SSSR count). The molecule has 1 aromatic carbocycles. The molecule has 1 N–H and O–H groups in total. The molecule has 2 aromatic rings. The minimum absolute atomic E-state index is 0.0173. The molecule has 11 nitrogen and oxygen atoms in total. The average Bonchev–Trinajstić information content (AvgIpc) is 3.72. The number of carbonyl (C=O) groups excluding carboxylic acids is 3. The number of carbonyl (C=O) groups is 3. The summed E-state index contributed by atoms with van der Waals surface area (Å²) in [5.41, 5.74) is 0.373. The van der Waals surface area contributed by atoms with Crippen LogP contribution >= 0.6 is 0 Å². The number of aromatic nitrogens is 3. The molecule has 0 radical (unpaired) electrons. The molecule has 11 heteroatoms. The first-order valence-electron chi connectivity index (χ1n) is 14.5. The van der Waals surface area contributed by atoms with Crippen LogP contribution in [0.5, 0.6) is 0 Å². The number of amides is 2. The first-order chi connectivity index (χ1) is 20.0. The number of nitrogens with zero attached hydrogens (tertiary/aromatic N) is 5. The lowest BCUT2D eigenvalue weighted by Gasteiger charge is -2.36. The van der Waals surface area contributed by atoms with E-state index in [0.717, 1.165) is 18.4 Å². The van der Waals surface area contributed by atoms with Gasteiger partial charge in [-0.25, -0.2) is 4.68 Å². The first-order valence-corrected chi connectivity index (χ1v) is 14.5. The Morgan fingerprint density at radius 1 is 1.20 bits per heavy atom. The van der Waals surface area contributed by atoms with E-state index in [1.807, 2.05) is 30.3 Å². The number of para-hydroxylation sites is 1. The highest BCUT2D eigenvalue weighted by molar-refractivity contribution is 5.98. The molecule has 3 aliphatic rings. The smallest absolute Gasteiger partial charge is 0.312 e. The number of benzene rings is 1. The summed E-state index contributed by atoms with van der Waals surface area (Å²) in [5.74, 6) is -2.53. The number of likely N-dealkylation sites (tertiary alicyclic amines) is 1. The van der Waals surface area contributed by atoms with Crippen LogP contribution in [-0.2, 0) is 30.5 Å². The van der Waals surface area contributed by atoms with Crippen LogP contribution in [0, 0.1) is 11.8 Å². The first kappa shape index (κ1) is 28.9. The molecular formula is C30H39N5O6. The van der Waals surface area contributed by atoms with E-state index in [4.69, 9.17) is 9.47 Å². The number of aliphatic hydroxyl groups is 1. The van der Waals surface area contributed by atoms with Gasteiger partial charge in [0.05, 0.1) is 30.1 Å². The Bertz CT molecular complexity index is 1300. The summed E-state index contributed by atoms with van der Waals surface area (Å²) in [6.07, 6.45) is 7.50. The molecule has 1 spiro atoms. The molecule has 2 bridgehead atoms. The Hall–Kier alpha value is -3.57. The van der Waals surface area contributed by atoms with E-state index in [1.54, 1.807) is 20.6 Å². The van der Waals surface area contributed by atoms with Crippen molar-refractivity contribution in [3.05, 3.63) is 49.6 Å². The van der Waals surface area contributed by atoms with E-state index in [0.29, 0.717) is 37.6 Å². The van der Waals surface area contributed by atoms with Gasteiger partial charge in [0.15, 0.2) is 0 Å². The van der Waals surface area contributed by atoms with Gasteiger partial charge in [-0.2, -0.15) is 0 Å². The fraction of sp³-hybridized carbons (Fsp3) is 0.567. The third-order valence-corrected chi connectivity index (χ3v) is 8.55. The van der Waals surface area contributed by atoms with E-state index >= 15 is 0 Å². The monoisotopic (exact) mass is 565 g/mol. The third-order valence-electron chi connectivity index (χ3n) is 8.55. The second-order valence-corrected chi connectivity index (χ2v) is 11.0. The van der Waals surface area contributed by atoms with Crippen molar-refractivity contribution < 1.29 is 29.0 Å². The van der Waals surface area contributed by atoms with Crippen LogP contribution in [0.4, 0.5) is 0 Å². The molecule has 2 unspecified atom stereocenters. The molecule has 3 aliphatic heterocycles. The summed E-state index contributed by atoms with van der Waals surface area (Å²) in [6.45, 7) is 8.43. The van der Waals surface area contributed by atoms with Crippen molar-refractivity contribution in [1.29, 1.82) is 0 Å². The van der Waals surface area contributed by atoms with Gasteiger partial charge in [0, 0.05) is 19.7 Å². The Balaban J connectivity index is 1.42. The molecule has 4 heterocycles. The Kier molecular flexibility index (Phi) is 8.84. The highest BCUT2D eigenvalue weighted by Crippen LogP contribution is 2.58. The standard InChI is InChI=1S/C30H39N5O6/c1-3-5-6-11-19-40-29(39)24-23-14-15-30(41-23)25(24)27(37)34(17-9-10-18-36)26(30)28(38)33(16-4-2)20-35-22-13-8-7-12-21(22)31-32-35/h3-4,7-8,12-13,23-26,36H,1-2,5-6,9-11,14-20H2/t23-,24+,25-,26?,30?/m0/s1. The van der Waals surface area contributed by atoms with Crippen molar-refractivity contribution in [3.63, 3.8) is 0 Å². The molecule has 2 amide bonds. The second-order valence-electron chi connectivity index (χ2n) is 11.0. The van der Waals surface area contributed by atoms with Gasteiger partial charge in [0.1, 0.15) is 23.8 Å². The number of unbranched alkanes of at least 4 members (excludes halogenated alkanes) is 3. The molecule has 41 heavy (non-hydrogen) atoms. The summed E-state index contributed by atoms with van der Waals surface area (Å²) in [7, 11) is 0. The van der Waals surface area contributed by atoms with Crippen molar-refractivity contribution in [2.24, 2.45) is 11.8 Å². The highest BCUT2D eigenvalue weighted by Gasteiger charge is 2.75. The average molecular weight is 566 g/mol. The fourth-order valence-corrected chi connectivity index (χ4v) is 6.72. The van der Waals surface area contributed by atoms with E-state index in [-0.39, 0.29) is 44.8 Å². The fourth-order valence-electron chi connectivity index (χ4n) is 6.72. The van der Waals surface area contributed by atoms with Crippen LogP contribution in [0.3, 0.4) is 0 Å². The number of esters is 1. The zero-order valence-electron chi connectivity index (χ0n) is 23.4. The molecule has 1 aromatic heterocycles. The van der Waals surface area contributed by atoms with Gasteiger partial charge in [-0.15, -0.1) is 18.3 Å². The molecular weight excluding hydrogens is 526 g/mol. The number of allylic oxidation sites excluding steroid dienone is 1. The van der Waals surface area contributed by atoms with Gasteiger partial charge in [0.2, 0.25) is 11.8 Å². The van der Waals surface area contributed by atoms with Gasteiger partial charge < -0.3 is 24.4 Å². The van der Waals surface area contributed by atoms with Crippen molar-refractivity contribution in [1.82, 2.24) is 24.8 Å². The number of hydrogen-bond acceptors (Lipinski definition) is 8. The summed E-state index contributed by atoms with van der Waals surface area (Å²) < 4.78 is 13.8. The van der Waals surface area contributed by atoms with Crippen LogP contribution in [0.15, 0.2) is 49.6 Å². The van der Waals surface area contributed by atoms with E-state index in [1.165, 1.54) is 0 Å². The highest BCUT2D eigenvalue weighted by atomic mass is 16.6. The summed E-state index contributed by atoms with van der Waals surface area (Å²) >= 11 is 0. The van der Waals surface area contributed by atoms with E-state index < -0.39 is 35.6 Å². The molecule has 220 valence electrons. The number of hydrogen-bond donors (Lipinski definition) is 1. The van der Waals surface area contributed by atoms with Crippen LogP contribution in [0.2, 0.25) is 0 Å². The Morgan fingerprint density at radius 2 is 2.02 bits per heavy atom. The Morgan fingerprint density at radius 3 is 2.80 bits per heavy atom. The maximum atomic E-state index is 14.4. The topological polar surface area (TPSA) is 127 Å². The van der Waals surface area contributed by atoms with E-state index in [9.17, 15) is 19.5 Å². The predicted octanol–water partition coefficient (Wildman–Crippen LogP) is 2.45. The number of aliphatic hydroxyl groups excluding tert-OH is 1. The van der Waals surface area contributed by atoms with Crippen molar-refractivity contribution in [3.8, 4) is 0 Å². The summed E-state index contributed by atoms with van der Waals surface area (Å²) in [4.78, 5) is 44.9. The van der Waals surface area contributed by atoms with Gasteiger partial charge in [-0.05, 0) is 57.1 Å². The minimum Gasteiger partial charge on any atom is -0.465 e. The molecule has 3 fully saturated rings. The van der Waals surface area contributed by atoms with Crippen LogP contribution in [0.1, 0.15) is 44.9 Å². The largest absolute Gasteiger partial charge is 0.465 e. The third kappa shape index (κ3) is 5.28. The van der Waals surface area contributed by atoms with Crippen LogP contribution in [0.25, 0.3) is 11.0 Å². The lowest BCUT2D eigenvalue weighted by Crippen LogP contribution is -2.56. The molecule has 5 atom stereocenters. The predicted molar refractivity (Wildman–Crippen MR) is 150 cm³/mol. The lowest BCUT2D eigenvalue weighted by molar-refractivity contribution is -0.155. The second kappa shape index (κ2) is 12.5. The summed E-state index contributed by atoms with van der Waals surface area (Å²) in [6, 6.07) is 6.58. The molecule has 3 saturated heterocycles. The molecule has 0 aliphatic carbocycles. The van der Waals surface area contributed by atoms with E-state index in [2.05, 4.69) is 23.5 Å². The summed E-state index contributed by atoms with van der Waals surface area (Å²) in [5, 5.41) is 17.8. The van der Waals surface area contributed by atoms with Crippen molar-refractivity contribution in [2.45, 2.75) is 69.4 Å². The number of ether oxygens (including phenoxy) is 2. The normalized spacial score (nSPS) is 26.4. The lowest BCUT2D eigenvalue weighted by atomic mass is 9.70. The Labute approximate surface area is 239 Å². The van der Waals surface area contributed by atoms with Gasteiger partial charge in [-0.1, -0.05) is 29.5 Å². The van der Waals surface area contributed by atoms with Crippen molar-refractivity contribution in [2.75, 3.05) is 26.3 Å². The van der Waals surface area contributed by atoms with Gasteiger partial charge in [0.25, 0.3) is 0 Å². The molecule has 0 saturated carbocycles.